The van der Waals surface area contributed by atoms with Crippen LogP contribution >= 0.6 is 23.1 Å². The van der Waals surface area contributed by atoms with Crippen molar-refractivity contribution in [3.63, 3.8) is 0 Å². The summed E-state index contributed by atoms with van der Waals surface area (Å²) in [6.07, 6.45) is 14.7. The summed E-state index contributed by atoms with van der Waals surface area (Å²) in [6, 6.07) is 28.7. The molecular formula is C56H81N3O5S3. The predicted octanol–water partition coefficient (Wildman–Crippen LogP) is 15.2. The van der Waals surface area contributed by atoms with Gasteiger partial charge in [0.1, 0.15) is 4.88 Å². The second-order valence-corrected chi connectivity index (χ2v) is 23.4. The van der Waals surface area contributed by atoms with Crippen LogP contribution in [0.4, 0.5) is 0 Å². The molecule has 2 unspecified atom stereocenters. The summed E-state index contributed by atoms with van der Waals surface area (Å²) in [6.45, 7) is 23.7. The zero-order valence-corrected chi connectivity index (χ0v) is 45.0. The number of H-pyrrole nitrogens is 1. The Morgan fingerprint density at radius 1 is 0.836 bits per heavy atom. The van der Waals surface area contributed by atoms with Gasteiger partial charge < -0.3 is 14.8 Å². The number of aryl methyl sites for hydroxylation is 1. The molecule has 0 saturated carbocycles. The number of nitrogens with zero attached hydrogens (tertiary/aromatic N) is 2. The molecule has 3 aromatic carbocycles. The second kappa shape index (κ2) is 29.0. The fourth-order valence-corrected chi connectivity index (χ4v) is 11.1. The molecule has 0 amide bonds. The van der Waals surface area contributed by atoms with Gasteiger partial charge in [-0.1, -0.05) is 167 Å². The first-order valence-electron chi connectivity index (χ1n) is 24.2. The first-order valence-corrected chi connectivity index (χ1v) is 27.7. The van der Waals surface area contributed by atoms with E-state index in [2.05, 4.69) is 155 Å². The largest absolute Gasteiger partial charge is 0.465 e. The first kappa shape index (κ1) is 57.2. The standard InChI is InChI=1S/C16H22N2S.C15H24O4S2.C13H20O.C12H15N/c1-13(2)6-5-11-19-16-17-9-10-18(16)15-8-4-7-14(3)12-15;1-12(2)8-6-4-5-7-11-21(17,18)13-9-10-20-14(13)15(16)19-3;1-10(2)13(4,14)11(3)12-8-6-5-7-9-12;1-9(2)7-10-8-13-12-6-4-3-5-11(10)12/h4,7-10,12-13H,5-6,11H2,1-3H3;9-10,12H,4-8,11H2,1-3H3;5-11,14H,1-4H3;3-6,8-9,13H,7H2,1-2H3. The van der Waals surface area contributed by atoms with E-state index in [0.29, 0.717) is 12.3 Å². The van der Waals surface area contributed by atoms with Crippen LogP contribution < -0.4 is 0 Å². The van der Waals surface area contributed by atoms with Crippen molar-refractivity contribution in [2.24, 2.45) is 23.7 Å². The molecule has 2 atom stereocenters. The Morgan fingerprint density at radius 2 is 1.49 bits per heavy atom. The molecule has 368 valence electrons. The van der Waals surface area contributed by atoms with E-state index in [-0.39, 0.29) is 27.4 Å². The molecule has 8 nitrogen and oxygen atoms in total. The van der Waals surface area contributed by atoms with Gasteiger partial charge >= 0.3 is 5.97 Å². The molecule has 0 aliphatic carbocycles. The van der Waals surface area contributed by atoms with Crippen molar-refractivity contribution in [3.05, 3.63) is 130 Å². The third-order valence-corrected chi connectivity index (χ3v) is 15.9. The van der Waals surface area contributed by atoms with Gasteiger partial charge in [0.05, 0.1) is 23.4 Å². The number of carbonyl (C=O) groups is 1. The molecule has 3 heterocycles. The van der Waals surface area contributed by atoms with Crippen LogP contribution in [0, 0.1) is 30.6 Å². The number of methoxy groups -OCH3 is 1. The van der Waals surface area contributed by atoms with Crippen molar-refractivity contribution in [2.45, 2.75) is 149 Å². The van der Waals surface area contributed by atoms with E-state index < -0.39 is 21.4 Å². The Bertz CT molecular complexity index is 2410. The number of fused-ring (bicyclic) bond motifs is 1. The van der Waals surface area contributed by atoms with Crippen LogP contribution in [-0.4, -0.2) is 58.2 Å². The van der Waals surface area contributed by atoms with Crippen molar-refractivity contribution in [2.75, 3.05) is 18.6 Å². The zero-order chi connectivity index (χ0) is 49.6. The summed E-state index contributed by atoms with van der Waals surface area (Å²) in [5.41, 5.74) is 5.72. The van der Waals surface area contributed by atoms with Gasteiger partial charge in [-0.05, 0) is 103 Å². The van der Waals surface area contributed by atoms with Gasteiger partial charge in [0.25, 0.3) is 0 Å². The minimum atomic E-state index is -3.40. The molecule has 6 rings (SSSR count). The molecule has 0 saturated heterocycles. The molecular weight excluding hydrogens is 891 g/mol. The molecule has 11 heteroatoms. The number of unbranched alkanes of at least 4 members (excludes halogenated alkanes) is 3. The summed E-state index contributed by atoms with van der Waals surface area (Å²) < 4.78 is 31.3. The van der Waals surface area contributed by atoms with Crippen LogP contribution in [0.1, 0.15) is 146 Å². The van der Waals surface area contributed by atoms with Gasteiger partial charge in [0.2, 0.25) is 0 Å². The summed E-state index contributed by atoms with van der Waals surface area (Å²) >= 11 is 2.95. The number of rotatable bonds is 20. The first-order chi connectivity index (χ1) is 31.8. The quantitative estimate of drug-likeness (QED) is 0.0445. The van der Waals surface area contributed by atoms with Crippen molar-refractivity contribution in [1.29, 1.82) is 0 Å². The van der Waals surface area contributed by atoms with Crippen molar-refractivity contribution < 1.29 is 23.1 Å². The molecule has 0 bridgehead atoms. The Kier molecular flexibility index (Phi) is 24.7. The molecule has 0 aliphatic heterocycles. The molecule has 67 heavy (non-hydrogen) atoms. The van der Waals surface area contributed by atoms with Crippen molar-refractivity contribution in [3.8, 4) is 5.69 Å². The summed E-state index contributed by atoms with van der Waals surface area (Å²) in [5, 5.41) is 14.4. The van der Waals surface area contributed by atoms with E-state index in [1.807, 2.05) is 49.3 Å². The average molecular weight is 972 g/mol. The number of hydrogen-bond donors (Lipinski definition) is 2. The minimum absolute atomic E-state index is 0.0927. The Hall–Kier alpha value is -4.16. The number of para-hydroxylation sites is 1. The van der Waals surface area contributed by atoms with E-state index in [0.717, 1.165) is 59.8 Å². The molecule has 6 aromatic rings. The lowest BCUT2D eigenvalue weighted by molar-refractivity contribution is -0.00825. The van der Waals surface area contributed by atoms with E-state index >= 15 is 0 Å². The highest BCUT2D eigenvalue weighted by Crippen LogP contribution is 2.33. The number of aliphatic hydroxyl groups is 1. The lowest BCUT2D eigenvalue weighted by Gasteiger charge is -2.34. The van der Waals surface area contributed by atoms with Crippen LogP contribution in [0.15, 0.2) is 119 Å². The molecule has 0 aliphatic rings. The Labute approximate surface area is 412 Å². The van der Waals surface area contributed by atoms with Crippen LogP contribution in [0.25, 0.3) is 16.6 Å². The average Bonchev–Trinajstić information content (AvgIpc) is 4.08. The number of imidazole rings is 1. The third kappa shape index (κ3) is 19.4. The van der Waals surface area contributed by atoms with E-state index in [9.17, 15) is 18.3 Å². The van der Waals surface area contributed by atoms with Gasteiger partial charge in [-0.2, -0.15) is 0 Å². The number of aromatic amines is 1. The minimum Gasteiger partial charge on any atom is -0.465 e. The Morgan fingerprint density at radius 3 is 2.13 bits per heavy atom. The smallest absolute Gasteiger partial charge is 0.349 e. The van der Waals surface area contributed by atoms with E-state index in [1.54, 1.807) is 5.38 Å². The Balaban J connectivity index is 0.000000241. The van der Waals surface area contributed by atoms with Crippen LogP contribution in [0.5, 0.6) is 0 Å². The fourth-order valence-electron chi connectivity index (χ4n) is 7.44. The van der Waals surface area contributed by atoms with Crippen molar-refractivity contribution >= 4 is 49.8 Å². The molecule has 0 fully saturated rings. The highest BCUT2D eigenvalue weighted by Gasteiger charge is 2.32. The molecule has 0 spiro atoms. The van der Waals surface area contributed by atoms with Gasteiger partial charge in [0.15, 0.2) is 15.0 Å². The normalized spacial score (nSPS) is 12.8. The molecule has 3 aromatic heterocycles. The van der Waals surface area contributed by atoms with Crippen LogP contribution in [-0.2, 0) is 21.0 Å². The highest BCUT2D eigenvalue weighted by molar-refractivity contribution is 7.99. The summed E-state index contributed by atoms with van der Waals surface area (Å²) in [4.78, 5) is 19.6. The number of esters is 1. The fraction of sp³-hybridized carbons (Fsp3) is 0.500. The molecule has 0 radical (unpaired) electrons. The van der Waals surface area contributed by atoms with E-state index in [1.165, 1.54) is 65.7 Å². The number of benzene rings is 3. The second-order valence-electron chi connectivity index (χ2n) is 19.3. The predicted molar refractivity (Wildman–Crippen MR) is 286 cm³/mol. The third-order valence-electron chi connectivity index (χ3n) is 12.0. The number of thioether (sulfide) groups is 1. The van der Waals surface area contributed by atoms with Gasteiger partial charge in [-0.3, -0.25) is 4.57 Å². The van der Waals surface area contributed by atoms with E-state index in [4.69, 9.17) is 0 Å². The lowest BCUT2D eigenvalue weighted by atomic mass is 9.77. The number of carbonyl (C=O) groups excluding carboxylic acids is 1. The van der Waals surface area contributed by atoms with Crippen LogP contribution in [0.3, 0.4) is 0 Å². The van der Waals surface area contributed by atoms with Gasteiger partial charge in [-0.25, -0.2) is 18.2 Å². The maximum absolute atomic E-state index is 12.3. The van der Waals surface area contributed by atoms with Gasteiger partial charge in [-0.15, -0.1) is 11.3 Å². The number of nitrogens with one attached hydrogen (secondary N) is 1. The highest BCUT2D eigenvalue weighted by atomic mass is 32.2. The number of aromatic nitrogens is 3. The maximum atomic E-state index is 12.3. The van der Waals surface area contributed by atoms with Crippen LogP contribution in [0.2, 0.25) is 0 Å². The van der Waals surface area contributed by atoms with Gasteiger partial charge in [0, 0.05) is 46.9 Å². The molecule has 2 N–H and O–H groups in total. The summed E-state index contributed by atoms with van der Waals surface area (Å²) in [5.74, 6) is 3.29. The summed E-state index contributed by atoms with van der Waals surface area (Å²) in [7, 11) is -2.14. The monoisotopic (exact) mass is 972 g/mol. The SMILES string of the molecule is CC(C)C(C)(O)C(C)c1ccccc1.CC(C)Cc1c[nH]c2ccccc12.COC(=O)c1sccc1S(=O)(=O)CCCCCCC(C)C.Cc1cccc(-n2ccnc2SCCCC(C)C)c1. The number of ether oxygens (including phenoxy) is 1. The zero-order valence-electron chi connectivity index (χ0n) is 42.5. The number of sulfone groups is 1. The van der Waals surface area contributed by atoms with Crippen molar-refractivity contribution in [1.82, 2.24) is 14.5 Å². The maximum Gasteiger partial charge on any atom is 0.349 e. The number of thiophene rings is 1. The topological polar surface area (TPSA) is 114 Å². The number of hydrogen-bond acceptors (Lipinski definition) is 8. The lowest BCUT2D eigenvalue weighted by Crippen LogP contribution is -2.36.